The standard InChI is InChI=1S/C20H27N3S/c1-17-9-7-12-19(15-17)23(16-18-10-5-4-6-11-18)20(24)21-13-8-14-22(2)3/h4-7,9-12,15H,8,13-14,16H2,1-3H3,(H,21,24)/p+1. The Labute approximate surface area is 151 Å². The van der Waals surface area contributed by atoms with Crippen LogP contribution in [-0.4, -0.2) is 32.3 Å². The number of benzene rings is 2. The van der Waals surface area contributed by atoms with Gasteiger partial charge in [0.1, 0.15) is 0 Å². The highest BCUT2D eigenvalue weighted by molar-refractivity contribution is 7.80. The SMILES string of the molecule is Cc1cccc(N(Cc2ccccc2)C(=S)NCCC[NH+](C)C)c1. The number of rotatable bonds is 7. The fraction of sp³-hybridized carbons (Fsp3) is 0.350. The van der Waals surface area contributed by atoms with Crippen molar-refractivity contribution in [2.45, 2.75) is 19.9 Å². The number of anilines is 1. The van der Waals surface area contributed by atoms with Crippen molar-refractivity contribution >= 4 is 23.0 Å². The molecule has 0 aromatic heterocycles. The third-order valence-electron chi connectivity index (χ3n) is 3.87. The van der Waals surface area contributed by atoms with Gasteiger partial charge >= 0.3 is 0 Å². The largest absolute Gasteiger partial charge is 0.362 e. The van der Waals surface area contributed by atoms with Crippen LogP contribution < -0.4 is 15.1 Å². The zero-order valence-electron chi connectivity index (χ0n) is 14.9. The van der Waals surface area contributed by atoms with E-state index in [0.29, 0.717) is 0 Å². The van der Waals surface area contributed by atoms with Gasteiger partial charge in [-0.15, -0.1) is 0 Å². The Morgan fingerprint density at radius 3 is 2.50 bits per heavy atom. The molecule has 0 atom stereocenters. The van der Waals surface area contributed by atoms with Crippen molar-refractivity contribution in [1.29, 1.82) is 0 Å². The molecule has 0 fully saturated rings. The van der Waals surface area contributed by atoms with E-state index < -0.39 is 0 Å². The maximum Gasteiger partial charge on any atom is 0.173 e. The molecule has 0 radical (unpaired) electrons. The second-order valence-electron chi connectivity index (χ2n) is 6.45. The molecule has 0 bridgehead atoms. The molecule has 0 saturated carbocycles. The van der Waals surface area contributed by atoms with E-state index in [0.717, 1.165) is 36.9 Å². The van der Waals surface area contributed by atoms with E-state index in [1.165, 1.54) is 16.0 Å². The van der Waals surface area contributed by atoms with E-state index >= 15 is 0 Å². The molecular weight excluding hydrogens is 314 g/mol. The Balaban J connectivity index is 2.08. The fourth-order valence-electron chi connectivity index (χ4n) is 2.57. The van der Waals surface area contributed by atoms with Gasteiger partial charge in [-0.05, 0) is 42.4 Å². The molecule has 0 heterocycles. The van der Waals surface area contributed by atoms with E-state index in [1.54, 1.807) is 0 Å². The Morgan fingerprint density at radius 1 is 1.08 bits per heavy atom. The predicted octanol–water partition coefficient (Wildman–Crippen LogP) is 2.41. The van der Waals surface area contributed by atoms with Gasteiger partial charge in [-0.1, -0.05) is 42.5 Å². The van der Waals surface area contributed by atoms with Gasteiger partial charge in [0.15, 0.2) is 5.11 Å². The molecule has 2 aromatic carbocycles. The van der Waals surface area contributed by atoms with Crippen LogP contribution in [0.15, 0.2) is 54.6 Å². The molecule has 2 N–H and O–H groups in total. The van der Waals surface area contributed by atoms with Crippen LogP contribution in [0.3, 0.4) is 0 Å². The second kappa shape index (κ2) is 9.40. The van der Waals surface area contributed by atoms with Crippen LogP contribution in [0.4, 0.5) is 5.69 Å². The van der Waals surface area contributed by atoms with Crippen LogP contribution in [0.5, 0.6) is 0 Å². The second-order valence-corrected chi connectivity index (χ2v) is 6.84. The number of hydrogen-bond acceptors (Lipinski definition) is 1. The van der Waals surface area contributed by atoms with Gasteiger partial charge < -0.3 is 15.1 Å². The van der Waals surface area contributed by atoms with Crippen LogP contribution in [-0.2, 0) is 6.54 Å². The minimum absolute atomic E-state index is 0.773. The minimum Gasteiger partial charge on any atom is -0.362 e. The summed E-state index contributed by atoms with van der Waals surface area (Å²) in [7, 11) is 4.35. The molecule has 4 heteroatoms. The molecule has 0 amide bonds. The third kappa shape index (κ3) is 5.95. The van der Waals surface area contributed by atoms with Gasteiger partial charge in [0.2, 0.25) is 0 Å². The van der Waals surface area contributed by atoms with Gasteiger partial charge in [-0.2, -0.15) is 0 Å². The quantitative estimate of drug-likeness (QED) is 0.595. The number of hydrogen-bond donors (Lipinski definition) is 2. The number of nitrogens with zero attached hydrogens (tertiary/aromatic N) is 1. The summed E-state index contributed by atoms with van der Waals surface area (Å²) in [5.41, 5.74) is 3.63. The Kier molecular flexibility index (Phi) is 7.22. The van der Waals surface area contributed by atoms with E-state index in [4.69, 9.17) is 12.2 Å². The van der Waals surface area contributed by atoms with Gasteiger partial charge in [-0.25, -0.2) is 0 Å². The summed E-state index contributed by atoms with van der Waals surface area (Å²) in [6.45, 7) is 4.93. The van der Waals surface area contributed by atoms with Crippen molar-refractivity contribution in [3.05, 3.63) is 65.7 Å². The summed E-state index contributed by atoms with van der Waals surface area (Å²) in [6, 6.07) is 19.0. The lowest BCUT2D eigenvalue weighted by Gasteiger charge is -2.26. The van der Waals surface area contributed by atoms with Crippen molar-refractivity contribution in [2.75, 3.05) is 32.1 Å². The molecule has 0 spiro atoms. The highest BCUT2D eigenvalue weighted by atomic mass is 32.1. The van der Waals surface area contributed by atoms with Crippen molar-refractivity contribution in [1.82, 2.24) is 5.32 Å². The molecular formula is C20H28N3S+. The zero-order valence-corrected chi connectivity index (χ0v) is 15.7. The number of quaternary nitrogens is 1. The van der Waals surface area contributed by atoms with Crippen molar-refractivity contribution in [3.63, 3.8) is 0 Å². The van der Waals surface area contributed by atoms with Gasteiger partial charge in [0, 0.05) is 18.7 Å². The summed E-state index contributed by atoms with van der Waals surface area (Å²) in [5, 5.41) is 4.21. The fourth-order valence-corrected chi connectivity index (χ4v) is 2.85. The molecule has 3 nitrogen and oxygen atoms in total. The molecule has 2 rings (SSSR count). The van der Waals surface area contributed by atoms with Crippen molar-refractivity contribution in [2.24, 2.45) is 0 Å². The van der Waals surface area contributed by atoms with Gasteiger partial charge in [-0.3, -0.25) is 0 Å². The first-order valence-electron chi connectivity index (χ1n) is 8.51. The van der Waals surface area contributed by atoms with Crippen LogP contribution in [0.25, 0.3) is 0 Å². The molecule has 128 valence electrons. The minimum atomic E-state index is 0.773. The average molecular weight is 343 g/mol. The zero-order chi connectivity index (χ0) is 17.4. The lowest BCUT2D eigenvalue weighted by atomic mass is 10.1. The first-order chi connectivity index (χ1) is 11.6. The van der Waals surface area contributed by atoms with Crippen molar-refractivity contribution in [3.8, 4) is 0 Å². The van der Waals surface area contributed by atoms with Crippen LogP contribution in [0, 0.1) is 6.92 Å². The molecule has 0 aliphatic heterocycles. The third-order valence-corrected chi connectivity index (χ3v) is 4.24. The van der Waals surface area contributed by atoms with Gasteiger partial charge in [0.25, 0.3) is 0 Å². The number of nitrogens with one attached hydrogen (secondary N) is 2. The van der Waals surface area contributed by atoms with E-state index in [2.05, 4.69) is 79.8 Å². The summed E-state index contributed by atoms with van der Waals surface area (Å²) in [5.74, 6) is 0. The smallest absolute Gasteiger partial charge is 0.173 e. The summed E-state index contributed by atoms with van der Waals surface area (Å²) in [6.07, 6.45) is 1.11. The highest BCUT2D eigenvalue weighted by Crippen LogP contribution is 2.19. The van der Waals surface area contributed by atoms with E-state index in [-0.39, 0.29) is 0 Å². The summed E-state index contributed by atoms with van der Waals surface area (Å²) in [4.78, 5) is 3.64. The summed E-state index contributed by atoms with van der Waals surface area (Å²) >= 11 is 5.69. The topological polar surface area (TPSA) is 19.7 Å². The number of thiocarbonyl (C=S) groups is 1. The molecule has 0 unspecified atom stereocenters. The van der Waals surface area contributed by atoms with Crippen LogP contribution >= 0.6 is 12.2 Å². The van der Waals surface area contributed by atoms with E-state index in [9.17, 15) is 0 Å². The van der Waals surface area contributed by atoms with Crippen molar-refractivity contribution < 1.29 is 4.90 Å². The lowest BCUT2D eigenvalue weighted by molar-refractivity contribution is -0.858. The summed E-state index contributed by atoms with van der Waals surface area (Å²) < 4.78 is 0. The normalized spacial score (nSPS) is 10.7. The average Bonchev–Trinajstić information content (AvgIpc) is 2.57. The first-order valence-corrected chi connectivity index (χ1v) is 8.92. The molecule has 0 saturated heterocycles. The first kappa shape index (κ1) is 18.4. The van der Waals surface area contributed by atoms with Gasteiger partial charge in [0.05, 0.1) is 27.2 Å². The van der Waals surface area contributed by atoms with E-state index in [1.807, 2.05) is 6.07 Å². The number of aryl methyl sites for hydroxylation is 1. The highest BCUT2D eigenvalue weighted by Gasteiger charge is 2.13. The molecule has 24 heavy (non-hydrogen) atoms. The molecule has 0 aliphatic rings. The van der Waals surface area contributed by atoms with Crippen LogP contribution in [0.2, 0.25) is 0 Å². The molecule has 0 aliphatic carbocycles. The maximum atomic E-state index is 5.69. The Hall–Kier alpha value is -1.91. The molecule has 2 aromatic rings. The maximum absolute atomic E-state index is 5.69. The Morgan fingerprint density at radius 2 is 1.83 bits per heavy atom. The monoisotopic (exact) mass is 342 g/mol. The predicted molar refractivity (Wildman–Crippen MR) is 107 cm³/mol. The lowest BCUT2D eigenvalue weighted by Crippen LogP contribution is -3.05. The Bertz CT molecular complexity index is 640. The van der Waals surface area contributed by atoms with Crippen LogP contribution in [0.1, 0.15) is 17.5 Å².